The minimum absolute atomic E-state index is 0.0422. The van der Waals surface area contributed by atoms with Crippen LogP contribution in [0.25, 0.3) is 0 Å². The molecule has 1 aliphatic heterocycles. The Morgan fingerprint density at radius 1 is 1.17 bits per heavy atom. The number of nitrogens with one attached hydrogen (secondary N) is 3. The zero-order chi connectivity index (χ0) is 15.9. The largest absolute Gasteiger partial charge is 0.325 e. The van der Waals surface area contributed by atoms with Gasteiger partial charge in [0.25, 0.3) is 0 Å². The first-order valence-corrected chi connectivity index (χ1v) is 8.96. The summed E-state index contributed by atoms with van der Waals surface area (Å²) in [5, 5.41) is 2.98. The van der Waals surface area contributed by atoms with Crippen LogP contribution in [0.15, 0.2) is 54.6 Å². The van der Waals surface area contributed by atoms with Crippen LogP contribution in [0.5, 0.6) is 0 Å². The average Bonchev–Trinajstić information content (AvgIpc) is 3.11. The van der Waals surface area contributed by atoms with Gasteiger partial charge in [0, 0.05) is 24.0 Å². The number of hydrogen-bond acceptors (Lipinski definition) is 4. The van der Waals surface area contributed by atoms with E-state index in [1.165, 1.54) is 11.1 Å². The summed E-state index contributed by atoms with van der Waals surface area (Å²) in [7, 11) is 0. The molecule has 23 heavy (non-hydrogen) atoms. The number of carbonyl (C=O) groups excluding carboxylic acids is 1. The molecule has 0 spiro atoms. The van der Waals surface area contributed by atoms with Crippen molar-refractivity contribution < 1.29 is 4.79 Å². The third-order valence-corrected chi connectivity index (χ3v) is 4.76. The summed E-state index contributed by atoms with van der Waals surface area (Å²) in [5.41, 5.74) is 9.68. The Morgan fingerprint density at radius 2 is 2.04 bits per heavy atom. The smallest absolute Gasteiger partial charge is 0.234 e. The normalized spacial score (nSPS) is 17.1. The Morgan fingerprint density at radius 3 is 2.83 bits per heavy atom. The monoisotopic (exact) mass is 327 g/mol. The molecule has 120 valence electrons. The second-order valence-electron chi connectivity index (χ2n) is 5.56. The van der Waals surface area contributed by atoms with Crippen molar-refractivity contribution in [2.45, 2.75) is 18.2 Å². The minimum atomic E-state index is 0.0422. The zero-order valence-electron chi connectivity index (χ0n) is 12.9. The van der Waals surface area contributed by atoms with Crippen LogP contribution in [0.2, 0.25) is 0 Å². The minimum Gasteiger partial charge on any atom is -0.325 e. The van der Waals surface area contributed by atoms with Crippen LogP contribution < -0.4 is 16.2 Å². The van der Waals surface area contributed by atoms with Crippen molar-refractivity contribution in [2.75, 3.05) is 17.6 Å². The lowest BCUT2D eigenvalue weighted by Crippen LogP contribution is -2.24. The lowest BCUT2D eigenvalue weighted by molar-refractivity contribution is -0.113. The molecule has 0 aromatic heterocycles. The number of hydrazine groups is 1. The fraction of sp³-hybridized carbons (Fsp3) is 0.278. The molecule has 2 aromatic rings. The van der Waals surface area contributed by atoms with E-state index in [-0.39, 0.29) is 5.91 Å². The maximum Gasteiger partial charge on any atom is 0.234 e. The highest BCUT2D eigenvalue weighted by atomic mass is 32.2. The van der Waals surface area contributed by atoms with Crippen LogP contribution in [0.4, 0.5) is 5.69 Å². The van der Waals surface area contributed by atoms with E-state index in [0.29, 0.717) is 11.8 Å². The van der Waals surface area contributed by atoms with Gasteiger partial charge >= 0.3 is 0 Å². The molecule has 3 N–H and O–H groups in total. The van der Waals surface area contributed by atoms with Gasteiger partial charge in [0.2, 0.25) is 5.91 Å². The molecule has 3 rings (SSSR count). The number of anilines is 1. The molecule has 0 bridgehead atoms. The van der Waals surface area contributed by atoms with Crippen LogP contribution >= 0.6 is 11.8 Å². The van der Waals surface area contributed by atoms with Crippen molar-refractivity contribution in [1.82, 2.24) is 10.9 Å². The Labute approximate surface area is 141 Å². The Kier molecular flexibility index (Phi) is 5.69. The van der Waals surface area contributed by atoms with Crippen LogP contribution in [-0.2, 0) is 10.5 Å². The molecule has 1 saturated heterocycles. The van der Waals surface area contributed by atoms with E-state index >= 15 is 0 Å². The summed E-state index contributed by atoms with van der Waals surface area (Å²) in [6.45, 7) is 0.970. The molecule has 1 fully saturated rings. The van der Waals surface area contributed by atoms with Gasteiger partial charge in [-0.05, 0) is 29.7 Å². The highest BCUT2D eigenvalue weighted by Gasteiger charge is 2.16. The van der Waals surface area contributed by atoms with Crippen LogP contribution in [-0.4, -0.2) is 18.2 Å². The second kappa shape index (κ2) is 8.15. The summed E-state index contributed by atoms with van der Waals surface area (Å²) in [4.78, 5) is 12.1. The van der Waals surface area contributed by atoms with Gasteiger partial charge in [-0.1, -0.05) is 42.5 Å². The first-order chi connectivity index (χ1) is 11.3. The molecule has 1 atom stereocenters. The van der Waals surface area contributed by atoms with Gasteiger partial charge in [-0.2, -0.15) is 0 Å². The quantitative estimate of drug-likeness (QED) is 0.763. The zero-order valence-corrected chi connectivity index (χ0v) is 13.7. The highest BCUT2D eigenvalue weighted by molar-refractivity contribution is 7.99. The molecule has 0 radical (unpaired) electrons. The maximum absolute atomic E-state index is 12.1. The van der Waals surface area contributed by atoms with Crippen molar-refractivity contribution >= 4 is 23.4 Å². The van der Waals surface area contributed by atoms with Gasteiger partial charge < -0.3 is 5.32 Å². The van der Waals surface area contributed by atoms with E-state index in [2.05, 4.69) is 34.4 Å². The molecule has 1 unspecified atom stereocenters. The molecule has 4 nitrogen and oxygen atoms in total. The van der Waals surface area contributed by atoms with Crippen molar-refractivity contribution in [3.8, 4) is 0 Å². The van der Waals surface area contributed by atoms with Crippen LogP contribution in [0.3, 0.4) is 0 Å². The van der Waals surface area contributed by atoms with E-state index < -0.39 is 0 Å². The summed E-state index contributed by atoms with van der Waals surface area (Å²) < 4.78 is 0. The van der Waals surface area contributed by atoms with Gasteiger partial charge in [-0.3, -0.25) is 15.6 Å². The summed E-state index contributed by atoms with van der Waals surface area (Å²) >= 11 is 1.63. The third kappa shape index (κ3) is 4.82. The summed E-state index contributed by atoms with van der Waals surface area (Å²) in [5.74, 6) is 1.36. The average molecular weight is 327 g/mol. The van der Waals surface area contributed by atoms with Crippen LogP contribution in [0.1, 0.15) is 23.6 Å². The lowest BCUT2D eigenvalue weighted by Gasteiger charge is -2.12. The van der Waals surface area contributed by atoms with Crippen molar-refractivity contribution in [3.05, 3.63) is 65.7 Å². The van der Waals surface area contributed by atoms with Gasteiger partial charge in [-0.15, -0.1) is 11.8 Å². The molecule has 0 aliphatic carbocycles. The predicted octanol–water partition coefficient (Wildman–Crippen LogP) is 3.10. The molecular formula is C18H21N3OS. The number of benzene rings is 2. The van der Waals surface area contributed by atoms with Crippen molar-refractivity contribution in [1.29, 1.82) is 0 Å². The highest BCUT2D eigenvalue weighted by Crippen LogP contribution is 2.22. The second-order valence-corrected chi connectivity index (χ2v) is 6.55. The molecule has 1 amide bonds. The molecule has 1 heterocycles. The first kappa shape index (κ1) is 16.1. The molecular weight excluding hydrogens is 306 g/mol. The third-order valence-electron chi connectivity index (χ3n) is 3.75. The summed E-state index contributed by atoms with van der Waals surface area (Å²) in [6, 6.07) is 18.6. The molecule has 1 aliphatic rings. The fourth-order valence-corrected chi connectivity index (χ4v) is 3.39. The van der Waals surface area contributed by atoms with E-state index in [1.807, 2.05) is 36.4 Å². The number of hydrogen-bond donors (Lipinski definition) is 3. The molecule has 2 aromatic carbocycles. The van der Waals surface area contributed by atoms with Crippen LogP contribution in [0, 0.1) is 0 Å². The van der Waals surface area contributed by atoms with Gasteiger partial charge in [0.05, 0.1) is 5.75 Å². The van der Waals surface area contributed by atoms with Gasteiger partial charge in [0.1, 0.15) is 0 Å². The van der Waals surface area contributed by atoms with E-state index in [9.17, 15) is 4.79 Å². The number of carbonyl (C=O) groups is 1. The maximum atomic E-state index is 12.1. The number of rotatable bonds is 6. The Bertz CT molecular complexity index is 642. The standard InChI is InChI=1S/C18H21N3OS/c22-18(13-23-12-14-5-2-1-3-6-14)20-16-8-4-7-15(11-16)17-9-10-19-21-17/h1-8,11,17,19,21H,9-10,12-13H2,(H,20,22). The van der Waals surface area contributed by atoms with Crippen molar-refractivity contribution in [3.63, 3.8) is 0 Å². The fourth-order valence-electron chi connectivity index (χ4n) is 2.60. The Balaban J connectivity index is 1.48. The number of amides is 1. The first-order valence-electron chi connectivity index (χ1n) is 7.81. The molecule has 5 heteroatoms. The van der Waals surface area contributed by atoms with Gasteiger partial charge in [-0.25, -0.2) is 0 Å². The van der Waals surface area contributed by atoms with E-state index in [0.717, 1.165) is 24.4 Å². The number of thioether (sulfide) groups is 1. The topological polar surface area (TPSA) is 53.2 Å². The van der Waals surface area contributed by atoms with E-state index in [4.69, 9.17) is 0 Å². The molecule has 0 saturated carbocycles. The lowest BCUT2D eigenvalue weighted by atomic mass is 10.1. The van der Waals surface area contributed by atoms with Crippen molar-refractivity contribution in [2.24, 2.45) is 0 Å². The van der Waals surface area contributed by atoms with E-state index in [1.54, 1.807) is 11.8 Å². The SMILES string of the molecule is O=C(CSCc1ccccc1)Nc1cccc(C2CCNN2)c1. The Hall–Kier alpha value is -1.82. The van der Waals surface area contributed by atoms with Gasteiger partial charge in [0.15, 0.2) is 0 Å². The predicted molar refractivity (Wildman–Crippen MR) is 96.2 cm³/mol. The summed E-state index contributed by atoms with van der Waals surface area (Å²) in [6.07, 6.45) is 1.06.